The molecule has 0 bridgehead atoms. The van der Waals surface area contributed by atoms with Gasteiger partial charge in [0.05, 0.1) is 12.9 Å². The first-order chi connectivity index (χ1) is 7.63. The van der Waals surface area contributed by atoms with Gasteiger partial charge in [0.25, 0.3) is 0 Å². The van der Waals surface area contributed by atoms with Gasteiger partial charge in [0, 0.05) is 5.57 Å². The predicted octanol–water partition coefficient (Wildman–Crippen LogP) is 2.82. The fourth-order valence-corrected chi connectivity index (χ4v) is 1.87. The number of hydrogen-bond acceptors (Lipinski definition) is 3. The maximum Gasteiger partial charge on any atom is 0.333 e. The van der Waals surface area contributed by atoms with Gasteiger partial charge in [-0.3, -0.25) is 0 Å². The molecule has 0 N–H and O–H groups in total. The van der Waals surface area contributed by atoms with E-state index >= 15 is 0 Å². The Bertz CT molecular complexity index is 262. The molecule has 0 aromatic rings. The number of hydrogen-bond donors (Lipinski definition) is 0. The number of ether oxygens (including phenoxy) is 2. The van der Waals surface area contributed by atoms with E-state index in [4.69, 9.17) is 9.47 Å². The minimum atomic E-state index is -0.272. The van der Waals surface area contributed by atoms with Crippen molar-refractivity contribution >= 4 is 5.97 Å². The maximum absolute atomic E-state index is 11.3. The van der Waals surface area contributed by atoms with Crippen LogP contribution in [0.3, 0.4) is 0 Å². The average molecular weight is 224 g/mol. The summed E-state index contributed by atoms with van der Waals surface area (Å²) in [7, 11) is 0. The van der Waals surface area contributed by atoms with Gasteiger partial charge >= 0.3 is 5.97 Å². The highest BCUT2D eigenvalue weighted by atomic mass is 16.5. The molecule has 3 nitrogen and oxygen atoms in total. The van der Waals surface area contributed by atoms with Crippen molar-refractivity contribution < 1.29 is 14.3 Å². The fraction of sp³-hybridized carbons (Fsp3) is 0.615. The summed E-state index contributed by atoms with van der Waals surface area (Å²) in [5, 5.41) is 0. The van der Waals surface area contributed by atoms with Crippen molar-refractivity contribution in [2.75, 3.05) is 6.61 Å². The molecule has 1 fully saturated rings. The second kappa shape index (κ2) is 6.36. The van der Waals surface area contributed by atoms with E-state index < -0.39 is 0 Å². The molecule has 0 amide bonds. The molecule has 1 aliphatic carbocycles. The zero-order valence-corrected chi connectivity index (χ0v) is 9.91. The molecule has 0 unspecified atom stereocenters. The van der Waals surface area contributed by atoms with Crippen LogP contribution in [0.4, 0.5) is 0 Å². The summed E-state index contributed by atoms with van der Waals surface area (Å²) in [5.41, 5.74) is 0.470. The molecule has 90 valence electrons. The van der Waals surface area contributed by atoms with Gasteiger partial charge in [-0.25, -0.2) is 4.79 Å². The Balaban J connectivity index is 2.24. The zero-order valence-electron chi connectivity index (χ0n) is 9.91. The first-order valence-corrected chi connectivity index (χ1v) is 5.72. The molecule has 0 saturated heterocycles. The van der Waals surface area contributed by atoms with Gasteiger partial charge < -0.3 is 9.47 Å². The van der Waals surface area contributed by atoms with Crippen LogP contribution in [0.15, 0.2) is 25.0 Å². The molecule has 0 atom stereocenters. The summed E-state index contributed by atoms with van der Waals surface area (Å²) in [6, 6.07) is 0. The standard InChI is InChI=1S/C13H20O3/c1-4-15-9-11-5-7-12(8-6-11)16-13(14)10(2)3/h4,11-12H,1-2,5-9H2,3H3. The molecule has 0 aliphatic heterocycles. The largest absolute Gasteiger partial charge is 0.502 e. The van der Waals surface area contributed by atoms with E-state index in [0.29, 0.717) is 11.5 Å². The molecule has 0 radical (unpaired) electrons. The van der Waals surface area contributed by atoms with Crippen LogP contribution < -0.4 is 0 Å². The molecular formula is C13H20O3. The molecule has 1 aliphatic rings. The van der Waals surface area contributed by atoms with Crippen LogP contribution in [0.25, 0.3) is 0 Å². The van der Waals surface area contributed by atoms with Crippen LogP contribution in [-0.2, 0) is 14.3 Å². The minimum absolute atomic E-state index is 0.0594. The molecule has 0 aromatic heterocycles. The lowest BCUT2D eigenvalue weighted by Crippen LogP contribution is -2.26. The van der Waals surface area contributed by atoms with Crippen LogP contribution in [0.5, 0.6) is 0 Å². The Morgan fingerprint density at radius 1 is 1.38 bits per heavy atom. The molecule has 16 heavy (non-hydrogen) atoms. The van der Waals surface area contributed by atoms with Crippen molar-refractivity contribution in [1.82, 2.24) is 0 Å². The van der Waals surface area contributed by atoms with Crippen molar-refractivity contribution in [1.29, 1.82) is 0 Å². The molecule has 0 aromatic carbocycles. The highest BCUT2D eigenvalue weighted by Crippen LogP contribution is 2.26. The van der Waals surface area contributed by atoms with Crippen LogP contribution in [0.2, 0.25) is 0 Å². The molecule has 3 heteroatoms. The van der Waals surface area contributed by atoms with Gasteiger partial charge in [0.2, 0.25) is 0 Å². The molecule has 1 saturated carbocycles. The Morgan fingerprint density at radius 2 is 2.00 bits per heavy atom. The second-order valence-corrected chi connectivity index (χ2v) is 4.33. The third-order valence-corrected chi connectivity index (χ3v) is 2.87. The number of carbonyl (C=O) groups is 1. The summed E-state index contributed by atoms with van der Waals surface area (Å²) in [6.07, 6.45) is 5.47. The quantitative estimate of drug-likeness (QED) is 0.409. The average Bonchev–Trinajstić information content (AvgIpc) is 2.28. The smallest absolute Gasteiger partial charge is 0.333 e. The molecule has 0 spiro atoms. The van der Waals surface area contributed by atoms with E-state index in [1.165, 1.54) is 6.26 Å². The van der Waals surface area contributed by atoms with Gasteiger partial charge in [-0.15, -0.1) is 0 Å². The van der Waals surface area contributed by atoms with Crippen molar-refractivity contribution in [3.8, 4) is 0 Å². The van der Waals surface area contributed by atoms with Gasteiger partial charge in [0.1, 0.15) is 6.10 Å². The summed E-state index contributed by atoms with van der Waals surface area (Å²) < 4.78 is 10.5. The Labute approximate surface area is 97.1 Å². The zero-order chi connectivity index (χ0) is 12.0. The van der Waals surface area contributed by atoms with Gasteiger partial charge in [-0.1, -0.05) is 13.2 Å². The third kappa shape index (κ3) is 4.09. The van der Waals surface area contributed by atoms with E-state index in [2.05, 4.69) is 13.2 Å². The van der Waals surface area contributed by atoms with Gasteiger partial charge in [0.15, 0.2) is 0 Å². The Hall–Kier alpha value is -1.25. The lowest BCUT2D eigenvalue weighted by molar-refractivity contribution is -0.146. The number of rotatable bonds is 5. The summed E-state index contributed by atoms with van der Waals surface area (Å²) in [4.78, 5) is 11.3. The van der Waals surface area contributed by atoms with Crippen LogP contribution in [0, 0.1) is 5.92 Å². The highest BCUT2D eigenvalue weighted by molar-refractivity contribution is 5.87. The fourth-order valence-electron chi connectivity index (χ4n) is 1.87. The van der Waals surface area contributed by atoms with Crippen molar-refractivity contribution in [3.63, 3.8) is 0 Å². The lowest BCUT2D eigenvalue weighted by Gasteiger charge is -2.27. The maximum atomic E-state index is 11.3. The highest BCUT2D eigenvalue weighted by Gasteiger charge is 2.24. The second-order valence-electron chi connectivity index (χ2n) is 4.33. The normalized spacial score (nSPS) is 24.6. The summed E-state index contributed by atoms with van der Waals surface area (Å²) >= 11 is 0. The number of esters is 1. The Kier molecular flexibility index (Phi) is 5.09. The Morgan fingerprint density at radius 3 is 2.50 bits per heavy atom. The van der Waals surface area contributed by atoms with Crippen molar-refractivity contribution in [2.45, 2.75) is 38.7 Å². The van der Waals surface area contributed by atoms with Gasteiger partial charge in [-0.2, -0.15) is 0 Å². The van der Waals surface area contributed by atoms with Gasteiger partial charge in [-0.05, 0) is 38.5 Å². The summed E-state index contributed by atoms with van der Waals surface area (Å²) in [6.45, 7) is 9.49. The van der Waals surface area contributed by atoms with E-state index in [-0.39, 0.29) is 12.1 Å². The monoisotopic (exact) mass is 224 g/mol. The molecule has 1 rings (SSSR count). The molecule has 0 heterocycles. The third-order valence-electron chi connectivity index (χ3n) is 2.87. The SMILES string of the molecule is C=COCC1CCC(OC(=O)C(=C)C)CC1. The van der Waals surface area contributed by atoms with Crippen LogP contribution >= 0.6 is 0 Å². The van der Waals surface area contributed by atoms with Crippen LogP contribution in [0.1, 0.15) is 32.6 Å². The first-order valence-electron chi connectivity index (χ1n) is 5.72. The molecular weight excluding hydrogens is 204 g/mol. The van der Waals surface area contributed by atoms with E-state index in [1.807, 2.05) is 0 Å². The first kappa shape index (κ1) is 12.8. The predicted molar refractivity (Wildman–Crippen MR) is 62.8 cm³/mol. The topological polar surface area (TPSA) is 35.5 Å². The number of carbonyl (C=O) groups excluding carboxylic acids is 1. The van der Waals surface area contributed by atoms with E-state index in [0.717, 1.165) is 32.3 Å². The van der Waals surface area contributed by atoms with E-state index in [1.54, 1.807) is 6.92 Å². The van der Waals surface area contributed by atoms with E-state index in [9.17, 15) is 4.79 Å². The van der Waals surface area contributed by atoms with Crippen molar-refractivity contribution in [2.24, 2.45) is 5.92 Å². The summed E-state index contributed by atoms with van der Waals surface area (Å²) in [5.74, 6) is 0.295. The van der Waals surface area contributed by atoms with Crippen molar-refractivity contribution in [3.05, 3.63) is 25.0 Å². The lowest BCUT2D eigenvalue weighted by atomic mass is 9.88. The minimum Gasteiger partial charge on any atom is -0.502 e. The van der Waals surface area contributed by atoms with Crippen LogP contribution in [-0.4, -0.2) is 18.7 Å².